The van der Waals surface area contributed by atoms with Gasteiger partial charge in [0.25, 0.3) is 11.8 Å². The van der Waals surface area contributed by atoms with Crippen LogP contribution < -0.4 is 14.8 Å². The van der Waals surface area contributed by atoms with Gasteiger partial charge in [0.2, 0.25) is 0 Å². The zero-order chi connectivity index (χ0) is 23.0. The Balaban J connectivity index is 1.75. The van der Waals surface area contributed by atoms with Crippen LogP contribution in [-0.2, 0) is 0 Å². The second kappa shape index (κ2) is 8.74. The Morgan fingerprint density at radius 3 is 2.34 bits per heavy atom. The minimum absolute atomic E-state index is 0.135. The molecule has 0 unspecified atom stereocenters. The number of methoxy groups -OCH3 is 2. The van der Waals surface area contributed by atoms with Crippen molar-refractivity contribution in [2.75, 3.05) is 32.6 Å². The van der Waals surface area contributed by atoms with Crippen LogP contribution in [-0.4, -0.2) is 54.0 Å². The number of thiophene rings is 1. The molecule has 0 atom stereocenters. The third-order valence-corrected chi connectivity index (χ3v) is 6.87. The second-order valence-corrected chi connectivity index (χ2v) is 8.80. The molecular formula is C23H26N4O4S. The lowest BCUT2D eigenvalue weighted by Crippen LogP contribution is -2.29. The molecule has 3 heterocycles. The lowest BCUT2D eigenvalue weighted by Gasteiger charge is -2.20. The zero-order valence-electron chi connectivity index (χ0n) is 18.9. The van der Waals surface area contributed by atoms with Crippen LogP contribution in [0.15, 0.2) is 12.1 Å². The molecule has 0 radical (unpaired) electrons. The van der Waals surface area contributed by atoms with E-state index in [0.717, 1.165) is 34.3 Å². The topological polar surface area (TPSA) is 93.7 Å². The van der Waals surface area contributed by atoms with Crippen molar-refractivity contribution in [3.8, 4) is 11.5 Å². The summed E-state index contributed by atoms with van der Waals surface area (Å²) in [6.07, 6.45) is 1.95. The van der Waals surface area contributed by atoms with Gasteiger partial charge in [-0.1, -0.05) is 0 Å². The van der Waals surface area contributed by atoms with E-state index in [1.54, 1.807) is 17.0 Å². The van der Waals surface area contributed by atoms with Crippen molar-refractivity contribution in [1.29, 1.82) is 0 Å². The van der Waals surface area contributed by atoms with Crippen molar-refractivity contribution in [2.24, 2.45) is 0 Å². The fraction of sp³-hybridized carbons (Fsp3) is 0.391. The SMILES string of the molecule is COc1cc(NC(=O)c2sc3nc(C)nc(C)c3c2C)c(C(=O)N2CCCC2)cc1OC. The van der Waals surface area contributed by atoms with Crippen molar-refractivity contribution >= 4 is 39.1 Å². The van der Waals surface area contributed by atoms with Gasteiger partial charge >= 0.3 is 0 Å². The molecule has 9 heteroatoms. The molecule has 0 aliphatic carbocycles. The Bertz CT molecular complexity index is 1210. The van der Waals surface area contributed by atoms with Crippen LogP contribution in [0.5, 0.6) is 11.5 Å². The van der Waals surface area contributed by atoms with E-state index < -0.39 is 0 Å². The molecule has 1 aliphatic heterocycles. The van der Waals surface area contributed by atoms with E-state index in [1.807, 2.05) is 20.8 Å². The molecule has 0 bridgehead atoms. The molecule has 1 fully saturated rings. The van der Waals surface area contributed by atoms with Crippen molar-refractivity contribution < 1.29 is 19.1 Å². The first-order valence-corrected chi connectivity index (χ1v) is 11.3. The van der Waals surface area contributed by atoms with Crippen LogP contribution in [0.25, 0.3) is 10.2 Å². The van der Waals surface area contributed by atoms with Crippen molar-refractivity contribution in [3.63, 3.8) is 0 Å². The highest BCUT2D eigenvalue weighted by molar-refractivity contribution is 7.20. The van der Waals surface area contributed by atoms with Crippen LogP contribution in [0.3, 0.4) is 0 Å². The molecule has 3 aromatic rings. The van der Waals surface area contributed by atoms with Crippen molar-refractivity contribution in [1.82, 2.24) is 14.9 Å². The molecule has 0 saturated carbocycles. The summed E-state index contributed by atoms with van der Waals surface area (Å²) in [5.74, 6) is 1.11. The molecule has 4 rings (SSSR count). The average molecular weight is 455 g/mol. The van der Waals surface area contributed by atoms with E-state index in [2.05, 4.69) is 15.3 Å². The van der Waals surface area contributed by atoms with E-state index in [9.17, 15) is 9.59 Å². The van der Waals surface area contributed by atoms with E-state index in [4.69, 9.17) is 9.47 Å². The standard InChI is InChI=1S/C23H26N4O4S/c1-12-19-13(2)24-14(3)25-22(19)32-20(12)21(28)26-16-11-18(31-5)17(30-4)10-15(16)23(29)27-8-6-7-9-27/h10-11H,6-9H2,1-5H3,(H,26,28). The first-order chi connectivity index (χ1) is 15.3. The number of likely N-dealkylation sites (tertiary alicyclic amines) is 1. The number of anilines is 1. The Morgan fingerprint density at radius 2 is 1.69 bits per heavy atom. The average Bonchev–Trinajstić information content (AvgIpc) is 3.41. The van der Waals surface area contributed by atoms with Gasteiger partial charge in [-0.3, -0.25) is 9.59 Å². The summed E-state index contributed by atoms with van der Waals surface area (Å²) in [6.45, 7) is 7.05. The molecule has 168 valence electrons. The van der Waals surface area contributed by atoms with Gasteiger partial charge in [-0.15, -0.1) is 11.3 Å². The highest BCUT2D eigenvalue weighted by atomic mass is 32.1. The first kappa shape index (κ1) is 22.0. The second-order valence-electron chi connectivity index (χ2n) is 7.80. The molecule has 0 spiro atoms. The minimum Gasteiger partial charge on any atom is -0.493 e. The molecule has 8 nitrogen and oxygen atoms in total. The van der Waals surface area contributed by atoms with E-state index in [0.29, 0.717) is 46.5 Å². The van der Waals surface area contributed by atoms with Crippen LogP contribution in [0, 0.1) is 20.8 Å². The number of benzene rings is 1. The van der Waals surface area contributed by atoms with Crippen LogP contribution in [0.2, 0.25) is 0 Å². The maximum absolute atomic E-state index is 13.3. The van der Waals surface area contributed by atoms with Crippen LogP contribution in [0.4, 0.5) is 5.69 Å². The van der Waals surface area contributed by atoms with Gasteiger partial charge in [0.1, 0.15) is 10.7 Å². The summed E-state index contributed by atoms with van der Waals surface area (Å²) in [5, 5.41) is 3.83. The Hall–Kier alpha value is -3.20. The van der Waals surface area contributed by atoms with Gasteiger partial charge in [-0.25, -0.2) is 9.97 Å². The molecule has 1 N–H and O–H groups in total. The van der Waals surface area contributed by atoms with Gasteiger partial charge in [0, 0.05) is 30.2 Å². The molecular weight excluding hydrogens is 428 g/mol. The smallest absolute Gasteiger partial charge is 0.266 e. The number of hydrogen-bond donors (Lipinski definition) is 1. The van der Waals surface area contributed by atoms with Gasteiger partial charge in [-0.05, 0) is 45.2 Å². The van der Waals surface area contributed by atoms with Gasteiger partial charge in [0.05, 0.1) is 30.3 Å². The van der Waals surface area contributed by atoms with Crippen molar-refractivity contribution in [3.05, 3.63) is 39.7 Å². The summed E-state index contributed by atoms with van der Waals surface area (Å²) < 4.78 is 10.8. The number of carbonyl (C=O) groups excluding carboxylic acids is 2. The number of nitrogens with zero attached hydrogens (tertiary/aromatic N) is 3. The fourth-order valence-electron chi connectivity index (χ4n) is 4.12. The molecule has 32 heavy (non-hydrogen) atoms. The number of nitrogens with one attached hydrogen (secondary N) is 1. The number of fused-ring (bicyclic) bond motifs is 1. The van der Waals surface area contributed by atoms with E-state index in [-0.39, 0.29) is 11.8 Å². The summed E-state index contributed by atoms with van der Waals surface area (Å²) in [5.41, 5.74) is 2.44. The highest BCUT2D eigenvalue weighted by Crippen LogP contribution is 2.36. The van der Waals surface area contributed by atoms with Crippen LogP contribution >= 0.6 is 11.3 Å². The summed E-state index contributed by atoms with van der Waals surface area (Å²) in [6, 6.07) is 3.27. The molecule has 2 aromatic heterocycles. The minimum atomic E-state index is -0.301. The molecule has 1 saturated heterocycles. The number of carbonyl (C=O) groups is 2. The lowest BCUT2D eigenvalue weighted by atomic mass is 10.1. The fourth-order valence-corrected chi connectivity index (χ4v) is 5.29. The monoisotopic (exact) mass is 454 g/mol. The summed E-state index contributed by atoms with van der Waals surface area (Å²) >= 11 is 1.32. The normalized spacial score (nSPS) is 13.5. The van der Waals surface area contributed by atoms with Gasteiger partial charge in [0.15, 0.2) is 11.5 Å². The highest BCUT2D eigenvalue weighted by Gasteiger charge is 2.26. The summed E-state index contributed by atoms with van der Waals surface area (Å²) in [7, 11) is 3.04. The number of amides is 2. The van der Waals surface area contributed by atoms with Crippen molar-refractivity contribution in [2.45, 2.75) is 33.6 Å². The van der Waals surface area contributed by atoms with Crippen LogP contribution in [0.1, 0.15) is 50.0 Å². The lowest BCUT2D eigenvalue weighted by molar-refractivity contribution is 0.0793. The predicted molar refractivity (Wildman–Crippen MR) is 124 cm³/mol. The Kier molecular flexibility index (Phi) is 6.01. The van der Waals surface area contributed by atoms with E-state index in [1.165, 1.54) is 25.6 Å². The first-order valence-electron chi connectivity index (χ1n) is 10.4. The number of ether oxygens (including phenoxy) is 2. The molecule has 2 amide bonds. The Labute approximate surface area is 190 Å². The number of aromatic nitrogens is 2. The molecule has 1 aliphatic rings. The third kappa shape index (κ3) is 3.88. The quantitative estimate of drug-likeness (QED) is 0.623. The Morgan fingerprint density at radius 1 is 1.03 bits per heavy atom. The summed E-state index contributed by atoms with van der Waals surface area (Å²) in [4.78, 5) is 38.5. The zero-order valence-corrected chi connectivity index (χ0v) is 19.7. The number of aryl methyl sites for hydroxylation is 3. The maximum Gasteiger partial charge on any atom is 0.266 e. The maximum atomic E-state index is 13.3. The van der Waals surface area contributed by atoms with E-state index >= 15 is 0 Å². The van der Waals surface area contributed by atoms with Gasteiger partial charge in [-0.2, -0.15) is 0 Å². The number of rotatable bonds is 5. The largest absolute Gasteiger partial charge is 0.493 e. The third-order valence-electron chi connectivity index (χ3n) is 5.68. The van der Waals surface area contributed by atoms with Gasteiger partial charge < -0.3 is 19.7 Å². The molecule has 1 aromatic carbocycles. The predicted octanol–water partition coefficient (Wildman–Crippen LogP) is 4.12. The number of hydrogen-bond acceptors (Lipinski definition) is 7.